The molecule has 118 valence electrons. The smallest absolute Gasteiger partial charge is 0.317 e. The molecule has 0 aliphatic carbocycles. The van der Waals surface area contributed by atoms with E-state index in [9.17, 15) is 4.79 Å². The van der Waals surface area contributed by atoms with Gasteiger partial charge in [-0.25, -0.2) is 4.79 Å². The van der Waals surface area contributed by atoms with E-state index in [1.54, 1.807) is 18.9 Å². The van der Waals surface area contributed by atoms with E-state index < -0.39 is 0 Å². The Kier molecular flexibility index (Phi) is 5.13. The largest absolute Gasteiger partial charge is 0.340 e. The number of carbonyl (C=O) groups is 1. The third kappa shape index (κ3) is 4.40. The quantitative estimate of drug-likeness (QED) is 0.826. The molecule has 8 heteroatoms. The molecular weight excluding hydrogens is 272 g/mol. The summed E-state index contributed by atoms with van der Waals surface area (Å²) in [5.74, 6) is 1.02. The molecule has 21 heavy (non-hydrogen) atoms. The zero-order valence-electron chi connectivity index (χ0n) is 13.2. The van der Waals surface area contributed by atoms with Gasteiger partial charge in [-0.15, -0.1) is 0 Å². The number of nitrogens with one attached hydrogen (secondary N) is 1. The van der Waals surface area contributed by atoms with Crippen LogP contribution in [0.25, 0.3) is 0 Å². The highest BCUT2D eigenvalue weighted by Gasteiger charge is 2.23. The van der Waals surface area contributed by atoms with E-state index >= 15 is 0 Å². The number of amides is 2. The monoisotopic (exact) mass is 296 g/mol. The van der Waals surface area contributed by atoms with Crippen LogP contribution >= 0.6 is 0 Å². The topological polar surface area (TPSA) is 77.7 Å². The number of hydrogen-bond donors (Lipinski definition) is 1. The first kappa shape index (κ1) is 15.7. The van der Waals surface area contributed by atoms with Gasteiger partial charge in [0.25, 0.3) is 0 Å². The lowest BCUT2D eigenvalue weighted by Gasteiger charge is -2.37. The standard InChI is InChI=1S/C13H24N6O2/c1-10-15-12(16-21-10)9-19(4)13(20)14-7-11-8-17(2)5-6-18(11)3/h11H,5-9H2,1-4H3,(H,14,20)/t11-/m0/s1. The van der Waals surface area contributed by atoms with Crippen molar-refractivity contribution in [3.63, 3.8) is 0 Å². The van der Waals surface area contributed by atoms with Gasteiger partial charge in [-0.1, -0.05) is 5.16 Å². The summed E-state index contributed by atoms with van der Waals surface area (Å²) in [4.78, 5) is 22.3. The Bertz CT molecular complexity index is 477. The van der Waals surface area contributed by atoms with E-state index in [0.717, 1.165) is 19.6 Å². The predicted octanol–water partition coefficient (Wildman–Crippen LogP) is -0.235. The maximum atomic E-state index is 12.1. The molecule has 0 spiro atoms. The summed E-state index contributed by atoms with van der Waals surface area (Å²) in [5.41, 5.74) is 0. The second-order valence-electron chi connectivity index (χ2n) is 5.67. The van der Waals surface area contributed by atoms with Gasteiger partial charge in [0.05, 0.1) is 6.54 Å². The zero-order chi connectivity index (χ0) is 15.4. The van der Waals surface area contributed by atoms with Crippen LogP contribution in [-0.4, -0.2) is 84.2 Å². The number of likely N-dealkylation sites (N-methyl/N-ethyl adjacent to an activating group) is 2. The summed E-state index contributed by atoms with van der Waals surface area (Å²) >= 11 is 0. The molecule has 0 aromatic carbocycles. The van der Waals surface area contributed by atoms with Crippen molar-refractivity contribution in [3.05, 3.63) is 11.7 Å². The summed E-state index contributed by atoms with van der Waals surface area (Å²) in [7, 11) is 5.92. The second kappa shape index (κ2) is 6.86. The minimum atomic E-state index is -0.126. The molecule has 2 rings (SSSR count). The van der Waals surface area contributed by atoms with Crippen LogP contribution in [0, 0.1) is 6.92 Å². The van der Waals surface area contributed by atoms with Crippen LogP contribution in [0.15, 0.2) is 4.52 Å². The van der Waals surface area contributed by atoms with Gasteiger partial charge in [0.15, 0.2) is 5.82 Å². The Balaban J connectivity index is 1.78. The van der Waals surface area contributed by atoms with E-state index in [4.69, 9.17) is 4.52 Å². The Hall–Kier alpha value is -1.67. The number of aromatic nitrogens is 2. The van der Waals surface area contributed by atoms with E-state index in [1.165, 1.54) is 0 Å². The number of urea groups is 1. The molecule has 1 aromatic heterocycles. The molecular formula is C13H24N6O2. The lowest BCUT2D eigenvalue weighted by molar-refractivity contribution is 0.113. The molecule has 2 heterocycles. The molecule has 1 aromatic rings. The fourth-order valence-corrected chi connectivity index (χ4v) is 2.35. The molecule has 1 saturated heterocycles. The average molecular weight is 296 g/mol. The second-order valence-corrected chi connectivity index (χ2v) is 5.67. The minimum absolute atomic E-state index is 0.126. The maximum absolute atomic E-state index is 12.1. The normalized spacial score (nSPS) is 20.5. The molecule has 1 atom stereocenters. The molecule has 2 amide bonds. The molecule has 1 fully saturated rings. The molecule has 0 unspecified atom stereocenters. The van der Waals surface area contributed by atoms with Gasteiger partial charge in [0.1, 0.15) is 0 Å². The van der Waals surface area contributed by atoms with Crippen LogP contribution in [0.1, 0.15) is 11.7 Å². The number of carbonyl (C=O) groups excluding carboxylic acids is 1. The van der Waals surface area contributed by atoms with E-state index in [1.807, 2.05) is 0 Å². The van der Waals surface area contributed by atoms with Crippen LogP contribution < -0.4 is 5.32 Å². The number of piperazine rings is 1. The van der Waals surface area contributed by atoms with E-state index in [-0.39, 0.29) is 6.03 Å². The number of aryl methyl sites for hydroxylation is 1. The van der Waals surface area contributed by atoms with Gasteiger partial charge < -0.3 is 19.6 Å². The fraction of sp³-hybridized carbons (Fsp3) is 0.769. The van der Waals surface area contributed by atoms with Crippen LogP contribution in [0.5, 0.6) is 0 Å². The van der Waals surface area contributed by atoms with Crippen LogP contribution in [0.3, 0.4) is 0 Å². The van der Waals surface area contributed by atoms with Crippen molar-refractivity contribution in [2.45, 2.75) is 19.5 Å². The summed E-state index contributed by atoms with van der Waals surface area (Å²) in [5, 5.41) is 6.75. The van der Waals surface area contributed by atoms with Crippen LogP contribution in [0.2, 0.25) is 0 Å². The predicted molar refractivity (Wildman–Crippen MR) is 77.8 cm³/mol. The summed E-state index contributed by atoms with van der Waals surface area (Å²) in [6.45, 7) is 5.75. The number of hydrogen-bond acceptors (Lipinski definition) is 6. The van der Waals surface area contributed by atoms with Crippen molar-refractivity contribution in [1.29, 1.82) is 0 Å². The maximum Gasteiger partial charge on any atom is 0.317 e. The highest BCUT2D eigenvalue weighted by Crippen LogP contribution is 2.05. The van der Waals surface area contributed by atoms with Crippen LogP contribution in [0.4, 0.5) is 4.79 Å². The van der Waals surface area contributed by atoms with Gasteiger partial charge in [0, 0.05) is 46.2 Å². The van der Waals surface area contributed by atoms with Crippen LogP contribution in [-0.2, 0) is 6.54 Å². The van der Waals surface area contributed by atoms with E-state index in [2.05, 4.69) is 39.4 Å². The lowest BCUT2D eigenvalue weighted by Crippen LogP contribution is -2.55. The Morgan fingerprint density at radius 2 is 2.24 bits per heavy atom. The molecule has 1 aliphatic heterocycles. The first-order valence-corrected chi connectivity index (χ1v) is 7.12. The molecule has 1 N–H and O–H groups in total. The highest BCUT2D eigenvalue weighted by molar-refractivity contribution is 5.73. The summed E-state index contributed by atoms with van der Waals surface area (Å²) < 4.78 is 4.89. The molecule has 0 saturated carbocycles. The highest BCUT2D eigenvalue weighted by atomic mass is 16.5. The Morgan fingerprint density at radius 1 is 1.48 bits per heavy atom. The SMILES string of the molecule is Cc1nc(CN(C)C(=O)NC[C@H]2CN(C)CCN2C)no1. The first-order valence-electron chi connectivity index (χ1n) is 7.12. The lowest BCUT2D eigenvalue weighted by atomic mass is 10.2. The number of rotatable bonds is 4. The Morgan fingerprint density at radius 3 is 2.90 bits per heavy atom. The van der Waals surface area contributed by atoms with Crippen molar-refractivity contribution in [2.75, 3.05) is 47.3 Å². The van der Waals surface area contributed by atoms with Crippen molar-refractivity contribution < 1.29 is 9.32 Å². The Labute approximate surface area is 125 Å². The first-order chi connectivity index (χ1) is 9.95. The van der Waals surface area contributed by atoms with Gasteiger partial charge >= 0.3 is 6.03 Å². The fourth-order valence-electron chi connectivity index (χ4n) is 2.35. The molecule has 0 bridgehead atoms. The summed E-state index contributed by atoms with van der Waals surface area (Å²) in [6, 6.07) is 0.215. The molecule has 1 aliphatic rings. The molecule has 0 radical (unpaired) electrons. The summed E-state index contributed by atoms with van der Waals surface area (Å²) in [6.07, 6.45) is 0. The van der Waals surface area contributed by atoms with Gasteiger partial charge in [0.2, 0.25) is 5.89 Å². The van der Waals surface area contributed by atoms with Gasteiger partial charge in [-0.05, 0) is 14.1 Å². The van der Waals surface area contributed by atoms with Crippen molar-refractivity contribution in [3.8, 4) is 0 Å². The number of nitrogens with zero attached hydrogens (tertiary/aromatic N) is 5. The third-order valence-corrected chi connectivity index (χ3v) is 3.76. The van der Waals surface area contributed by atoms with Crippen molar-refractivity contribution >= 4 is 6.03 Å². The third-order valence-electron chi connectivity index (χ3n) is 3.76. The molecule has 8 nitrogen and oxygen atoms in total. The average Bonchev–Trinajstić information content (AvgIpc) is 2.84. The van der Waals surface area contributed by atoms with Gasteiger partial charge in [-0.3, -0.25) is 4.90 Å². The van der Waals surface area contributed by atoms with Gasteiger partial charge in [-0.2, -0.15) is 4.98 Å². The van der Waals surface area contributed by atoms with Crippen molar-refractivity contribution in [2.24, 2.45) is 0 Å². The minimum Gasteiger partial charge on any atom is -0.340 e. The van der Waals surface area contributed by atoms with E-state index in [0.29, 0.717) is 30.8 Å². The zero-order valence-corrected chi connectivity index (χ0v) is 13.2. The van der Waals surface area contributed by atoms with Crippen molar-refractivity contribution in [1.82, 2.24) is 30.2 Å².